The molecule has 1 aromatic carbocycles. The molecule has 0 radical (unpaired) electrons. The number of nitrogens with zero attached hydrogens (tertiary/aromatic N) is 5. The molecular formula is C31H41N5O6. The Morgan fingerprint density at radius 1 is 1.26 bits per heavy atom. The molecule has 0 aliphatic carbocycles. The van der Waals surface area contributed by atoms with Gasteiger partial charge in [-0.1, -0.05) is 43.3 Å². The molecule has 3 aliphatic rings. The van der Waals surface area contributed by atoms with Crippen molar-refractivity contribution in [2.75, 3.05) is 19.8 Å². The molecular weight excluding hydrogens is 538 g/mol. The Hall–Kier alpha value is -3.57. The van der Waals surface area contributed by atoms with E-state index in [1.165, 1.54) is 4.90 Å². The van der Waals surface area contributed by atoms with Crippen molar-refractivity contribution < 1.29 is 29.0 Å². The molecule has 5 rings (SSSR count). The van der Waals surface area contributed by atoms with Crippen LogP contribution in [0.2, 0.25) is 0 Å². The van der Waals surface area contributed by atoms with Crippen LogP contribution in [0.5, 0.6) is 0 Å². The molecule has 3 fully saturated rings. The number of esters is 1. The van der Waals surface area contributed by atoms with E-state index in [4.69, 9.17) is 9.47 Å². The number of amides is 2. The van der Waals surface area contributed by atoms with Crippen LogP contribution in [0.1, 0.15) is 46.0 Å². The summed E-state index contributed by atoms with van der Waals surface area (Å²) in [6, 6.07) is 5.80. The summed E-state index contributed by atoms with van der Waals surface area (Å²) >= 11 is 0. The summed E-state index contributed by atoms with van der Waals surface area (Å²) in [5.41, 5.74) is 0.264. The number of fused-ring (bicyclic) bond motifs is 2. The lowest BCUT2D eigenvalue weighted by molar-refractivity contribution is -0.157. The molecule has 11 heteroatoms. The minimum absolute atomic E-state index is 0.0791. The highest BCUT2D eigenvalue weighted by molar-refractivity contribution is 5.98. The van der Waals surface area contributed by atoms with E-state index in [-0.39, 0.29) is 44.2 Å². The molecule has 1 N–H and O–H groups in total. The molecule has 2 bridgehead atoms. The second-order valence-electron chi connectivity index (χ2n) is 11.8. The number of unbranched alkanes of at least 4 members (excludes halogenated alkanes) is 2. The SMILES string of the molecule is C=CCCCCOC(=O)[C@@H]1[C@H]2C(=O)N([C@@H](CO)C(C)C)C(C(=O)N(CC=C)Cn3nnc4ccccc43)C23CC[C@H]1O3. The van der Waals surface area contributed by atoms with Gasteiger partial charge in [-0.2, -0.15) is 0 Å². The highest BCUT2D eigenvalue weighted by Gasteiger charge is 2.75. The zero-order valence-corrected chi connectivity index (χ0v) is 24.4. The number of carbonyl (C=O) groups excluding carboxylic acids is 3. The molecule has 226 valence electrons. The van der Waals surface area contributed by atoms with Gasteiger partial charge < -0.3 is 24.4 Å². The number of ether oxygens (including phenoxy) is 2. The summed E-state index contributed by atoms with van der Waals surface area (Å²) in [5, 5.41) is 18.9. The van der Waals surface area contributed by atoms with Crippen LogP contribution >= 0.6 is 0 Å². The van der Waals surface area contributed by atoms with Crippen LogP contribution in [0, 0.1) is 17.8 Å². The molecule has 3 aliphatic heterocycles. The van der Waals surface area contributed by atoms with E-state index in [1.807, 2.05) is 44.2 Å². The first-order valence-electron chi connectivity index (χ1n) is 14.8. The standard InChI is InChI=1S/C31H41N5O6/c1-5-7-8-11-17-41-30(40)25-24-14-15-31(42-24)26(25)28(38)36(23(18-37)20(3)4)27(31)29(39)34(16-6-2)19-35-22-13-10-9-12-21(22)32-33-35/h5-6,9-10,12-13,20,23-27,37H,1-2,7-8,11,14-19H2,3-4H3/t23-,24+,25-,26-,27?,31?/m0/s1. The van der Waals surface area contributed by atoms with Gasteiger partial charge in [0.2, 0.25) is 11.8 Å². The molecule has 2 aromatic rings. The van der Waals surface area contributed by atoms with E-state index in [1.54, 1.807) is 15.7 Å². The van der Waals surface area contributed by atoms with E-state index >= 15 is 0 Å². The highest BCUT2D eigenvalue weighted by atomic mass is 16.6. The fourth-order valence-corrected chi connectivity index (χ4v) is 7.01. The second kappa shape index (κ2) is 12.3. The van der Waals surface area contributed by atoms with Gasteiger partial charge in [-0.15, -0.1) is 18.3 Å². The maximum atomic E-state index is 14.6. The average Bonchev–Trinajstić information content (AvgIpc) is 3.72. The molecule has 11 nitrogen and oxygen atoms in total. The van der Waals surface area contributed by atoms with E-state index in [2.05, 4.69) is 23.5 Å². The van der Waals surface area contributed by atoms with Crippen molar-refractivity contribution in [2.45, 2.75) is 76.4 Å². The van der Waals surface area contributed by atoms with Gasteiger partial charge in [0.05, 0.1) is 42.7 Å². The summed E-state index contributed by atoms with van der Waals surface area (Å²) in [6.07, 6.45) is 6.32. The van der Waals surface area contributed by atoms with Crippen LogP contribution in [-0.2, 0) is 30.5 Å². The van der Waals surface area contributed by atoms with Gasteiger partial charge in [-0.05, 0) is 50.2 Å². The van der Waals surface area contributed by atoms with Crippen LogP contribution in [0.25, 0.3) is 11.0 Å². The van der Waals surface area contributed by atoms with Crippen molar-refractivity contribution in [1.82, 2.24) is 24.8 Å². The summed E-state index contributed by atoms with van der Waals surface area (Å²) in [5.74, 6) is -2.97. The number of hydrogen-bond acceptors (Lipinski definition) is 8. The molecule has 2 unspecified atom stereocenters. The number of likely N-dealkylation sites (tertiary alicyclic amines) is 1. The van der Waals surface area contributed by atoms with Gasteiger partial charge in [-0.3, -0.25) is 14.4 Å². The average molecular weight is 580 g/mol. The lowest BCUT2D eigenvalue weighted by Crippen LogP contribution is -2.59. The number of aliphatic hydroxyl groups excluding tert-OH is 1. The number of aliphatic hydroxyl groups is 1. The van der Waals surface area contributed by atoms with Crippen molar-refractivity contribution in [3.63, 3.8) is 0 Å². The van der Waals surface area contributed by atoms with Gasteiger partial charge in [0.1, 0.15) is 23.8 Å². The summed E-state index contributed by atoms with van der Waals surface area (Å²) < 4.78 is 13.8. The number of para-hydroxylation sites is 1. The van der Waals surface area contributed by atoms with Crippen molar-refractivity contribution in [1.29, 1.82) is 0 Å². The van der Waals surface area contributed by atoms with E-state index in [0.29, 0.717) is 24.8 Å². The van der Waals surface area contributed by atoms with Crippen molar-refractivity contribution in [2.24, 2.45) is 17.8 Å². The van der Waals surface area contributed by atoms with Crippen LogP contribution in [0.4, 0.5) is 0 Å². The fourth-order valence-electron chi connectivity index (χ4n) is 7.01. The first-order valence-corrected chi connectivity index (χ1v) is 14.8. The Morgan fingerprint density at radius 2 is 2.05 bits per heavy atom. The third-order valence-corrected chi connectivity index (χ3v) is 8.99. The van der Waals surface area contributed by atoms with Crippen LogP contribution in [-0.4, -0.2) is 91.2 Å². The Labute approximate surface area is 246 Å². The third kappa shape index (κ3) is 5.02. The maximum absolute atomic E-state index is 14.6. The van der Waals surface area contributed by atoms with Crippen molar-refractivity contribution in [3.8, 4) is 0 Å². The smallest absolute Gasteiger partial charge is 0.312 e. The van der Waals surface area contributed by atoms with Gasteiger partial charge in [-0.25, -0.2) is 4.68 Å². The van der Waals surface area contributed by atoms with Crippen molar-refractivity contribution in [3.05, 3.63) is 49.6 Å². The van der Waals surface area contributed by atoms with Gasteiger partial charge in [0.25, 0.3) is 0 Å². The minimum Gasteiger partial charge on any atom is -0.465 e. The number of benzene rings is 1. The largest absolute Gasteiger partial charge is 0.465 e. The van der Waals surface area contributed by atoms with Gasteiger partial charge in [0.15, 0.2) is 0 Å². The third-order valence-electron chi connectivity index (χ3n) is 8.99. The van der Waals surface area contributed by atoms with Crippen LogP contribution < -0.4 is 0 Å². The van der Waals surface area contributed by atoms with E-state index in [0.717, 1.165) is 18.4 Å². The normalized spacial score (nSPS) is 27.0. The van der Waals surface area contributed by atoms with E-state index < -0.39 is 41.6 Å². The zero-order chi connectivity index (χ0) is 30.0. The zero-order valence-electron chi connectivity index (χ0n) is 24.4. The Kier molecular flexibility index (Phi) is 8.79. The number of carbonyl (C=O) groups is 3. The monoisotopic (exact) mass is 579 g/mol. The van der Waals surface area contributed by atoms with Gasteiger partial charge in [0, 0.05) is 6.54 Å². The highest BCUT2D eigenvalue weighted by Crippen LogP contribution is 2.59. The molecule has 42 heavy (non-hydrogen) atoms. The first kappa shape index (κ1) is 29.9. The number of hydrogen-bond donors (Lipinski definition) is 1. The number of rotatable bonds is 14. The molecule has 1 aromatic heterocycles. The van der Waals surface area contributed by atoms with Gasteiger partial charge >= 0.3 is 5.97 Å². The quantitative estimate of drug-likeness (QED) is 0.206. The summed E-state index contributed by atoms with van der Waals surface area (Å²) in [4.78, 5) is 45.4. The predicted molar refractivity (Wildman–Crippen MR) is 155 cm³/mol. The fraction of sp³-hybridized carbons (Fsp3) is 0.581. The molecule has 0 saturated carbocycles. The Morgan fingerprint density at radius 3 is 2.76 bits per heavy atom. The summed E-state index contributed by atoms with van der Waals surface area (Å²) in [7, 11) is 0. The Bertz CT molecular complexity index is 1340. The Balaban J connectivity index is 1.48. The molecule has 3 saturated heterocycles. The number of allylic oxidation sites excluding steroid dienone is 1. The molecule has 6 atom stereocenters. The lowest BCUT2D eigenvalue weighted by Gasteiger charge is -2.40. The van der Waals surface area contributed by atoms with Crippen LogP contribution in [0.3, 0.4) is 0 Å². The second-order valence-corrected chi connectivity index (χ2v) is 11.8. The molecule has 4 heterocycles. The molecule has 1 spiro atoms. The topological polar surface area (TPSA) is 127 Å². The van der Waals surface area contributed by atoms with Crippen molar-refractivity contribution >= 4 is 28.8 Å². The minimum atomic E-state index is -1.20. The molecule has 2 amide bonds. The lowest BCUT2D eigenvalue weighted by atomic mass is 9.70. The number of aromatic nitrogens is 3. The van der Waals surface area contributed by atoms with E-state index in [9.17, 15) is 19.5 Å². The summed E-state index contributed by atoms with van der Waals surface area (Å²) in [6.45, 7) is 11.6. The maximum Gasteiger partial charge on any atom is 0.312 e. The predicted octanol–water partition coefficient (Wildman–Crippen LogP) is 2.69. The first-order chi connectivity index (χ1) is 20.3. The van der Waals surface area contributed by atoms with Crippen LogP contribution in [0.15, 0.2) is 49.6 Å².